The van der Waals surface area contributed by atoms with Gasteiger partial charge < -0.3 is 24.5 Å². The molecule has 8 heteroatoms. The van der Waals surface area contributed by atoms with Gasteiger partial charge in [-0.2, -0.15) is 0 Å². The fourth-order valence-electron chi connectivity index (χ4n) is 3.72. The molecule has 1 N–H and O–H groups in total. The van der Waals surface area contributed by atoms with Crippen LogP contribution in [0.25, 0.3) is 11.3 Å². The van der Waals surface area contributed by atoms with Crippen LogP contribution in [0.5, 0.6) is 5.75 Å². The first-order valence-corrected chi connectivity index (χ1v) is 8.91. The third-order valence-electron chi connectivity index (χ3n) is 5.22. The van der Waals surface area contributed by atoms with E-state index in [1.165, 1.54) is 0 Å². The minimum atomic E-state index is -0.989. The van der Waals surface area contributed by atoms with Crippen molar-refractivity contribution in [1.82, 2.24) is 14.9 Å². The Morgan fingerprint density at radius 2 is 2.00 bits per heavy atom. The second-order valence-electron chi connectivity index (χ2n) is 6.87. The van der Waals surface area contributed by atoms with Gasteiger partial charge in [0.1, 0.15) is 12.4 Å². The van der Waals surface area contributed by atoms with Crippen LogP contribution in [0.2, 0.25) is 0 Å². The number of aromatic nitrogens is 2. The fourth-order valence-corrected chi connectivity index (χ4v) is 3.72. The first-order chi connectivity index (χ1) is 12.6. The summed E-state index contributed by atoms with van der Waals surface area (Å²) in [6.07, 6.45) is 5.94. The minimum Gasteiger partial charge on any atom is -0.550 e. The molecule has 136 valence electrons. The summed E-state index contributed by atoms with van der Waals surface area (Å²) in [6.45, 7) is 1.27. The molecule has 7 nitrogen and oxygen atoms in total. The maximum absolute atomic E-state index is 12.6. The second-order valence-corrected chi connectivity index (χ2v) is 6.87. The molecule has 1 saturated carbocycles. The molecule has 0 unspecified atom stereocenters. The predicted octanol–water partition coefficient (Wildman–Crippen LogP) is -2.01. The standard InChI is InChI=1S/C19H21N3O4.Li/c23-18(21-14-4-1-12(2-5-14)19(24)25)13-3-6-17-15(9-13)16-10-20-11-22(16)7-8-26-17;/h3,6,9-12,14H,1-2,4-5,7-8H2,(H,21,23)(H,24,25);/q;+1/p-1. The summed E-state index contributed by atoms with van der Waals surface area (Å²) >= 11 is 0. The Morgan fingerprint density at radius 3 is 2.74 bits per heavy atom. The van der Waals surface area contributed by atoms with Crippen molar-refractivity contribution in [2.45, 2.75) is 38.3 Å². The maximum atomic E-state index is 12.6. The quantitative estimate of drug-likeness (QED) is 0.637. The minimum absolute atomic E-state index is 0. The van der Waals surface area contributed by atoms with Gasteiger partial charge >= 0.3 is 18.9 Å². The molecule has 1 fully saturated rings. The number of carbonyl (C=O) groups is 2. The zero-order valence-electron chi connectivity index (χ0n) is 15.3. The Kier molecular flexibility index (Phi) is 5.93. The molecule has 27 heavy (non-hydrogen) atoms. The van der Waals surface area contributed by atoms with E-state index in [2.05, 4.69) is 10.3 Å². The van der Waals surface area contributed by atoms with Gasteiger partial charge in [-0.05, 0) is 49.8 Å². The van der Waals surface area contributed by atoms with Crippen molar-refractivity contribution in [2.75, 3.05) is 6.61 Å². The van der Waals surface area contributed by atoms with Crippen molar-refractivity contribution >= 4 is 11.9 Å². The fraction of sp³-hybridized carbons (Fsp3) is 0.421. The number of imidazole rings is 1. The number of fused-ring (bicyclic) bond motifs is 3. The summed E-state index contributed by atoms with van der Waals surface area (Å²) < 4.78 is 7.78. The number of rotatable bonds is 3. The number of hydrogen-bond acceptors (Lipinski definition) is 5. The Labute approximate surface area is 169 Å². The zero-order chi connectivity index (χ0) is 18.1. The van der Waals surface area contributed by atoms with E-state index in [4.69, 9.17) is 4.74 Å². The van der Waals surface area contributed by atoms with Gasteiger partial charge in [-0.3, -0.25) is 4.79 Å². The van der Waals surface area contributed by atoms with Crippen molar-refractivity contribution < 1.29 is 38.3 Å². The van der Waals surface area contributed by atoms with Gasteiger partial charge in [0, 0.05) is 23.1 Å². The SMILES string of the molecule is O=C(NC1CCC(C(=O)[O-])CC1)c1ccc2c(c1)-c1cncn1CCO2.[Li+]. The summed E-state index contributed by atoms with van der Waals surface area (Å²) in [4.78, 5) is 27.8. The third-order valence-corrected chi connectivity index (χ3v) is 5.22. The number of hydrogen-bond donors (Lipinski definition) is 1. The van der Waals surface area contributed by atoms with Crippen LogP contribution >= 0.6 is 0 Å². The van der Waals surface area contributed by atoms with Gasteiger partial charge in [-0.25, -0.2) is 4.98 Å². The molecule has 1 amide bonds. The second kappa shape index (κ2) is 8.20. The Hall–Kier alpha value is -2.23. The number of amides is 1. The average molecular weight is 361 g/mol. The van der Waals surface area contributed by atoms with E-state index < -0.39 is 11.9 Å². The average Bonchev–Trinajstić information content (AvgIpc) is 3.04. The number of carboxylic acids is 1. The van der Waals surface area contributed by atoms with Crippen LogP contribution in [0, 0.1) is 5.92 Å². The van der Waals surface area contributed by atoms with Crippen LogP contribution in [0.3, 0.4) is 0 Å². The van der Waals surface area contributed by atoms with Crippen molar-refractivity contribution in [3.8, 4) is 17.0 Å². The van der Waals surface area contributed by atoms with Gasteiger partial charge in [0.15, 0.2) is 0 Å². The maximum Gasteiger partial charge on any atom is 1.00 e. The van der Waals surface area contributed by atoms with Crippen molar-refractivity contribution in [3.63, 3.8) is 0 Å². The van der Waals surface area contributed by atoms with Crippen LogP contribution in [-0.2, 0) is 11.3 Å². The summed E-state index contributed by atoms with van der Waals surface area (Å²) in [5.74, 6) is -0.791. The van der Waals surface area contributed by atoms with Crippen molar-refractivity contribution in [1.29, 1.82) is 0 Å². The first-order valence-electron chi connectivity index (χ1n) is 8.91. The molecule has 1 aromatic carbocycles. The summed E-state index contributed by atoms with van der Waals surface area (Å²) in [5, 5.41) is 13.9. The van der Waals surface area contributed by atoms with Crippen LogP contribution < -0.4 is 34.0 Å². The molecule has 0 radical (unpaired) electrons. The topological polar surface area (TPSA) is 96.3 Å². The molecular formula is C19H20LiN3O4. The van der Waals surface area contributed by atoms with Gasteiger partial charge in [-0.15, -0.1) is 0 Å². The van der Waals surface area contributed by atoms with Crippen LogP contribution in [-0.4, -0.2) is 34.1 Å². The normalized spacial score (nSPS) is 20.9. The number of ether oxygens (including phenoxy) is 1. The molecule has 0 bridgehead atoms. The van der Waals surface area contributed by atoms with Crippen LogP contribution in [0.15, 0.2) is 30.7 Å². The van der Waals surface area contributed by atoms with Crippen molar-refractivity contribution in [3.05, 3.63) is 36.3 Å². The van der Waals surface area contributed by atoms with E-state index in [0.29, 0.717) is 44.4 Å². The first kappa shape index (κ1) is 19.5. The van der Waals surface area contributed by atoms with E-state index in [-0.39, 0.29) is 30.8 Å². The molecule has 1 aliphatic heterocycles. The number of nitrogens with one attached hydrogen (secondary N) is 1. The molecule has 2 aliphatic rings. The van der Waals surface area contributed by atoms with E-state index >= 15 is 0 Å². The van der Waals surface area contributed by atoms with Gasteiger partial charge in [0.25, 0.3) is 5.91 Å². The molecule has 0 atom stereocenters. The molecule has 2 aromatic rings. The number of aliphatic carboxylic acids is 1. The Bertz CT molecular complexity index is 843. The van der Waals surface area contributed by atoms with E-state index in [9.17, 15) is 14.7 Å². The summed E-state index contributed by atoms with van der Waals surface area (Å²) in [6, 6.07) is 5.40. The molecular weight excluding hydrogens is 341 g/mol. The largest absolute Gasteiger partial charge is 1.00 e. The Balaban J connectivity index is 0.00000210. The smallest absolute Gasteiger partial charge is 0.550 e. The number of nitrogens with zero attached hydrogens (tertiary/aromatic N) is 2. The molecule has 1 aliphatic carbocycles. The number of benzene rings is 1. The molecule has 4 rings (SSSR count). The van der Waals surface area contributed by atoms with E-state index in [0.717, 1.165) is 17.0 Å². The molecule has 2 heterocycles. The molecule has 0 spiro atoms. The summed E-state index contributed by atoms with van der Waals surface area (Å²) in [5.41, 5.74) is 2.35. The molecule has 0 saturated heterocycles. The predicted molar refractivity (Wildman–Crippen MR) is 91.4 cm³/mol. The van der Waals surface area contributed by atoms with Gasteiger partial charge in [-0.1, -0.05) is 0 Å². The van der Waals surface area contributed by atoms with E-state index in [1.807, 2.05) is 16.7 Å². The van der Waals surface area contributed by atoms with Crippen molar-refractivity contribution in [2.24, 2.45) is 5.92 Å². The molecule has 1 aromatic heterocycles. The summed E-state index contributed by atoms with van der Waals surface area (Å²) in [7, 11) is 0. The van der Waals surface area contributed by atoms with Gasteiger partial charge in [0.05, 0.1) is 24.8 Å². The third kappa shape index (κ3) is 4.04. The van der Waals surface area contributed by atoms with Crippen LogP contribution in [0.1, 0.15) is 36.0 Å². The zero-order valence-corrected chi connectivity index (χ0v) is 15.3. The van der Waals surface area contributed by atoms with Gasteiger partial charge in [0.2, 0.25) is 0 Å². The monoisotopic (exact) mass is 361 g/mol. The number of carboxylic acid groups (broad SMARTS) is 1. The van der Waals surface area contributed by atoms with E-state index in [1.54, 1.807) is 18.6 Å². The van der Waals surface area contributed by atoms with Crippen LogP contribution in [0.4, 0.5) is 0 Å². The Morgan fingerprint density at radius 1 is 1.22 bits per heavy atom. The number of carbonyl (C=O) groups excluding carboxylic acids is 2.